The summed E-state index contributed by atoms with van der Waals surface area (Å²) in [5.74, 6) is -1.07. The summed E-state index contributed by atoms with van der Waals surface area (Å²) < 4.78 is 1.87. The molecule has 4 N–H and O–H groups in total. The van der Waals surface area contributed by atoms with Crippen molar-refractivity contribution in [3.8, 4) is 11.1 Å². The average Bonchev–Trinajstić information content (AvgIpc) is 3.92. The lowest BCUT2D eigenvalue weighted by atomic mass is 9.80. The Balaban J connectivity index is 0.845. The van der Waals surface area contributed by atoms with E-state index in [1.54, 1.807) is 30.5 Å². The first-order chi connectivity index (χ1) is 28.4. The van der Waals surface area contributed by atoms with Crippen LogP contribution in [0, 0.1) is 10.8 Å². The van der Waals surface area contributed by atoms with Crippen LogP contribution >= 0.6 is 23.2 Å². The van der Waals surface area contributed by atoms with Crippen LogP contribution < -0.4 is 10.6 Å². The van der Waals surface area contributed by atoms with Gasteiger partial charge < -0.3 is 25.4 Å². The van der Waals surface area contributed by atoms with Gasteiger partial charge in [0.25, 0.3) is 11.8 Å². The molecule has 2 aromatic carbocycles. The molecule has 12 nitrogen and oxygen atoms in total. The fourth-order valence-corrected chi connectivity index (χ4v) is 11.2. The summed E-state index contributed by atoms with van der Waals surface area (Å²) in [7, 11) is 1.87. The number of nitrogens with one attached hydrogen (secondary N) is 2. The van der Waals surface area contributed by atoms with Crippen molar-refractivity contribution >= 4 is 52.4 Å². The van der Waals surface area contributed by atoms with Crippen molar-refractivity contribution in [2.75, 3.05) is 30.3 Å². The van der Waals surface area contributed by atoms with E-state index in [2.05, 4.69) is 25.4 Å². The monoisotopic (exact) mass is 839 g/mol. The van der Waals surface area contributed by atoms with E-state index in [9.17, 15) is 24.6 Å². The summed E-state index contributed by atoms with van der Waals surface area (Å²) in [6.45, 7) is 4.10. The number of nitrogens with zero attached hydrogens (tertiary/aromatic N) is 5. The Labute approximate surface area is 354 Å². The third-order valence-electron chi connectivity index (χ3n) is 14.3. The number of carboxylic acids is 1. The number of rotatable bonds is 10. The third-order valence-corrected chi connectivity index (χ3v) is 15.1. The first-order valence-electron chi connectivity index (χ1n) is 21.0. The molecule has 0 unspecified atom stereocenters. The number of fused-ring (bicyclic) bond motifs is 4. The van der Waals surface area contributed by atoms with Crippen LogP contribution in [-0.4, -0.2) is 84.1 Å². The Morgan fingerprint density at radius 1 is 0.864 bits per heavy atom. The molecule has 4 heterocycles. The highest BCUT2D eigenvalue weighted by atomic mass is 35.5. The summed E-state index contributed by atoms with van der Waals surface area (Å²) in [6, 6.07) is 13.0. The number of carboxylic acid groups (broad SMARTS) is 1. The molecule has 59 heavy (non-hydrogen) atoms. The molecule has 0 radical (unpaired) electrons. The largest absolute Gasteiger partial charge is 0.481 e. The lowest BCUT2D eigenvalue weighted by molar-refractivity contribution is -0.148. The van der Waals surface area contributed by atoms with Crippen molar-refractivity contribution in [3.63, 3.8) is 0 Å². The number of aromatic nitrogens is 3. The zero-order valence-corrected chi connectivity index (χ0v) is 34.9. The van der Waals surface area contributed by atoms with Crippen LogP contribution in [0.2, 0.25) is 10.0 Å². The Kier molecular flexibility index (Phi) is 10.8. The molecule has 3 aliphatic carbocycles. The number of aliphatic hydroxyl groups is 1. The second kappa shape index (κ2) is 15.9. The lowest BCUT2D eigenvalue weighted by Crippen LogP contribution is -2.42. The van der Waals surface area contributed by atoms with Gasteiger partial charge in [-0.05, 0) is 112 Å². The maximum absolute atomic E-state index is 13.8. The summed E-state index contributed by atoms with van der Waals surface area (Å²) >= 11 is 13.9. The van der Waals surface area contributed by atoms with Gasteiger partial charge in [0.1, 0.15) is 5.69 Å². The van der Waals surface area contributed by atoms with Gasteiger partial charge in [0.2, 0.25) is 0 Å². The molecular formula is C45H51Cl2N7O5. The van der Waals surface area contributed by atoms with Crippen LogP contribution in [0.4, 0.5) is 11.4 Å². The molecule has 9 rings (SSSR count). The molecule has 2 aromatic heterocycles. The predicted octanol–water partition coefficient (Wildman–Crippen LogP) is 7.74. The van der Waals surface area contributed by atoms with E-state index in [-0.39, 0.29) is 23.3 Å². The van der Waals surface area contributed by atoms with Gasteiger partial charge in [-0.25, -0.2) is 4.98 Å². The smallest absolute Gasteiger partial charge is 0.309 e. The Bertz CT molecular complexity index is 2310. The van der Waals surface area contributed by atoms with Crippen molar-refractivity contribution in [2.45, 2.75) is 102 Å². The molecule has 0 spiro atoms. The summed E-state index contributed by atoms with van der Waals surface area (Å²) in [6.07, 6.45) is 12.3. The minimum absolute atomic E-state index is 0.131. The number of carbonyl (C=O) groups is 3. The van der Waals surface area contributed by atoms with Crippen LogP contribution in [0.15, 0.2) is 48.7 Å². The van der Waals surface area contributed by atoms with Crippen LogP contribution in [0.1, 0.15) is 108 Å². The van der Waals surface area contributed by atoms with Crippen molar-refractivity contribution in [2.24, 2.45) is 17.9 Å². The molecule has 3 fully saturated rings. The van der Waals surface area contributed by atoms with Gasteiger partial charge in [0.05, 0.1) is 38.6 Å². The van der Waals surface area contributed by atoms with Crippen molar-refractivity contribution in [1.82, 2.24) is 24.3 Å². The van der Waals surface area contributed by atoms with E-state index in [1.165, 1.54) is 0 Å². The Morgan fingerprint density at radius 3 is 2.20 bits per heavy atom. The number of pyridine rings is 1. The first-order valence-corrected chi connectivity index (χ1v) is 21.8. The van der Waals surface area contributed by atoms with Gasteiger partial charge >= 0.3 is 5.97 Å². The normalized spacial score (nSPS) is 25.4. The first kappa shape index (κ1) is 40.1. The standard InChI is InChI=1S/C45H51Cl2N7O5/c1-52-37-13-19-53(21-18-44-14-16-45(26-44,17-15-44)43(58)59)25-36(37)49-40(52)42(57)51-34-7-3-5-32(39(34)47)31-4-2-6-33(38(31)46)50-41(56)35-22-27-12-20-54(24-28(27)23-48-35)29-8-10-30(55)11-9-29/h2-7,22-23,29-30,55H,8-21,24-26H2,1H3,(H,50,56)(H,51,57)(H,58,59)/t29-,30-,44?,45?. The van der Waals surface area contributed by atoms with Gasteiger partial charge in [-0.3, -0.25) is 29.2 Å². The maximum Gasteiger partial charge on any atom is 0.309 e. The molecule has 5 aliphatic rings. The molecular weight excluding hydrogens is 789 g/mol. The van der Waals surface area contributed by atoms with Crippen LogP contribution in [0.5, 0.6) is 0 Å². The summed E-state index contributed by atoms with van der Waals surface area (Å²) in [5.41, 5.74) is 6.12. The summed E-state index contributed by atoms with van der Waals surface area (Å²) in [4.78, 5) is 53.4. The number of halogens is 2. The molecule has 3 saturated carbocycles. The van der Waals surface area contributed by atoms with E-state index < -0.39 is 11.4 Å². The second-order valence-electron chi connectivity index (χ2n) is 17.7. The van der Waals surface area contributed by atoms with Crippen LogP contribution in [0.3, 0.4) is 0 Å². The quantitative estimate of drug-likeness (QED) is 0.126. The van der Waals surface area contributed by atoms with Gasteiger partial charge in [-0.2, -0.15) is 0 Å². The van der Waals surface area contributed by atoms with E-state index in [1.807, 2.05) is 29.8 Å². The minimum atomic E-state index is -0.629. The van der Waals surface area contributed by atoms with E-state index >= 15 is 0 Å². The van der Waals surface area contributed by atoms with Crippen molar-refractivity contribution < 1.29 is 24.6 Å². The maximum atomic E-state index is 13.8. The van der Waals surface area contributed by atoms with E-state index in [0.717, 1.165) is 126 Å². The van der Waals surface area contributed by atoms with Gasteiger partial charge in [0, 0.05) is 68.7 Å². The number of carbonyl (C=O) groups excluding carboxylic acids is 2. The number of benzene rings is 2. The molecule has 0 saturated heterocycles. The molecule has 2 bridgehead atoms. The Hall–Kier alpha value is -4.33. The number of imidazole rings is 1. The van der Waals surface area contributed by atoms with Gasteiger partial charge in [-0.15, -0.1) is 0 Å². The minimum Gasteiger partial charge on any atom is -0.481 e. The number of anilines is 2. The van der Waals surface area contributed by atoms with Gasteiger partial charge in [0.15, 0.2) is 5.82 Å². The highest BCUT2D eigenvalue weighted by Crippen LogP contribution is 2.63. The molecule has 2 aliphatic heterocycles. The molecule has 0 atom stereocenters. The topological polar surface area (TPSA) is 153 Å². The third kappa shape index (κ3) is 7.67. The summed E-state index contributed by atoms with van der Waals surface area (Å²) in [5, 5.41) is 26.3. The predicted molar refractivity (Wildman–Crippen MR) is 227 cm³/mol. The average molecular weight is 841 g/mol. The number of aliphatic hydroxyl groups excluding tert-OH is 1. The number of hydrogen-bond acceptors (Lipinski definition) is 8. The van der Waals surface area contributed by atoms with E-state index in [4.69, 9.17) is 28.2 Å². The fourth-order valence-electron chi connectivity index (χ4n) is 10.7. The number of hydrogen-bond donors (Lipinski definition) is 4. The van der Waals surface area contributed by atoms with Crippen LogP contribution in [0.25, 0.3) is 11.1 Å². The SMILES string of the molecule is Cn1c(C(=O)Nc2cccc(-c3cccc(NC(=O)c4cc5c(cn4)CN([C@H]4CC[C@H](O)CC4)CC5)c3Cl)c2Cl)nc2c1CCN(CCC13CCC(C(=O)O)(CC1)C3)C2. The number of amides is 2. The van der Waals surface area contributed by atoms with Gasteiger partial charge in [-0.1, -0.05) is 47.5 Å². The molecule has 2 amide bonds. The highest BCUT2D eigenvalue weighted by molar-refractivity contribution is 6.40. The number of aliphatic carboxylic acids is 1. The van der Waals surface area contributed by atoms with Crippen molar-refractivity contribution in [1.29, 1.82) is 0 Å². The molecule has 14 heteroatoms. The lowest BCUT2D eigenvalue weighted by Gasteiger charge is -2.38. The molecule has 310 valence electrons. The van der Waals surface area contributed by atoms with Crippen molar-refractivity contribution in [3.05, 3.63) is 92.7 Å². The van der Waals surface area contributed by atoms with Crippen LogP contribution in [-0.2, 0) is 37.8 Å². The highest BCUT2D eigenvalue weighted by Gasteiger charge is 2.57. The zero-order valence-electron chi connectivity index (χ0n) is 33.4. The fraction of sp³-hybridized carbons (Fsp3) is 0.489. The second-order valence-corrected chi connectivity index (χ2v) is 18.4. The van der Waals surface area contributed by atoms with E-state index in [0.29, 0.717) is 56.7 Å². The zero-order chi connectivity index (χ0) is 41.1. The molecule has 4 aromatic rings. The Morgan fingerprint density at radius 2 is 1.54 bits per heavy atom.